The second kappa shape index (κ2) is 6.34. The molecule has 9 aromatic rings. The molecule has 0 spiro atoms. The molecule has 0 aliphatic heterocycles. The monoisotopic (exact) mass is 530 g/mol. The Morgan fingerprint density at radius 3 is 1.63 bits per heavy atom. The van der Waals surface area contributed by atoms with Crippen molar-refractivity contribution in [2.75, 3.05) is 0 Å². The number of rotatable bonds is 1. The Kier molecular flexibility index (Phi) is 3.32. The van der Waals surface area contributed by atoms with Crippen LogP contribution in [0, 0.1) is 0 Å². The number of nitrogens with zero attached hydrogens (tertiary/aromatic N) is 1. The second-order valence-electron chi connectivity index (χ2n) is 12.0. The minimum absolute atomic E-state index is 0.341. The maximum Gasteiger partial charge on any atom is 0.266 e. The van der Waals surface area contributed by atoms with Gasteiger partial charge in [0.2, 0.25) is 0 Å². The van der Waals surface area contributed by atoms with Crippen LogP contribution < -0.4 is 22.2 Å². The molecular weight excluding hydrogens is 512 g/mol. The molecule has 0 fully saturated rings. The van der Waals surface area contributed by atoms with E-state index in [1.54, 1.807) is 12.1 Å². The minimum Gasteiger partial charge on any atom is -0.288 e. The van der Waals surface area contributed by atoms with Crippen molar-refractivity contribution in [3.63, 3.8) is 0 Å². The van der Waals surface area contributed by atoms with Crippen LogP contribution in [0.25, 0.3) is 81.1 Å². The van der Waals surface area contributed by atoms with Gasteiger partial charge in [-0.05, 0) is 90.6 Å². The lowest BCUT2D eigenvalue weighted by atomic mass is 9.80. The molecule has 192 valence electrons. The lowest BCUT2D eigenvalue weighted by Crippen LogP contribution is -2.32. The summed E-state index contributed by atoms with van der Waals surface area (Å²) >= 11 is 0. The zero-order valence-electron chi connectivity index (χ0n) is 21.9. The summed E-state index contributed by atoms with van der Waals surface area (Å²) in [5, 5.41) is 10.9. The van der Waals surface area contributed by atoms with Crippen LogP contribution in [-0.2, 0) is 5.41 Å². The molecule has 41 heavy (non-hydrogen) atoms. The molecule has 6 nitrogen and oxygen atoms in total. The van der Waals surface area contributed by atoms with Gasteiger partial charge in [0.1, 0.15) is 0 Å². The number of benzene rings is 7. The summed E-state index contributed by atoms with van der Waals surface area (Å²) in [5.41, 5.74) is 0.502. The van der Waals surface area contributed by atoms with Crippen molar-refractivity contribution < 1.29 is 0 Å². The Morgan fingerprint density at radius 1 is 0.537 bits per heavy atom. The van der Waals surface area contributed by atoms with E-state index in [1.807, 2.05) is 54.6 Å². The van der Waals surface area contributed by atoms with Gasteiger partial charge in [0.05, 0.1) is 5.69 Å². The number of hydrogen-bond donors (Lipinski definition) is 1. The lowest BCUT2D eigenvalue weighted by Gasteiger charge is -2.23. The first-order chi connectivity index (χ1) is 19.8. The summed E-state index contributed by atoms with van der Waals surface area (Å²) in [7, 11) is 0. The smallest absolute Gasteiger partial charge is 0.266 e. The Balaban J connectivity index is 1.61. The van der Waals surface area contributed by atoms with Crippen LogP contribution in [0.15, 0.2) is 85.9 Å². The molecule has 0 atom stereocenters. The predicted molar refractivity (Wildman–Crippen MR) is 165 cm³/mol. The number of para-hydroxylation sites is 1. The molecule has 1 N–H and O–H groups in total. The van der Waals surface area contributed by atoms with Crippen molar-refractivity contribution in [2.24, 2.45) is 0 Å². The van der Waals surface area contributed by atoms with Crippen molar-refractivity contribution >= 4 is 75.4 Å². The molecule has 0 amide bonds. The summed E-state index contributed by atoms with van der Waals surface area (Å²) in [6.07, 6.45) is 0. The van der Waals surface area contributed by atoms with E-state index in [0.29, 0.717) is 38.0 Å². The highest BCUT2D eigenvalue weighted by molar-refractivity contribution is 6.47. The number of aromatic nitrogens is 2. The molecule has 0 unspecified atom stereocenters. The van der Waals surface area contributed by atoms with E-state index >= 15 is 0 Å². The van der Waals surface area contributed by atoms with Gasteiger partial charge < -0.3 is 0 Å². The quantitative estimate of drug-likeness (QED) is 0.218. The highest BCUT2D eigenvalue weighted by Gasteiger charge is 2.39. The molecular formula is C35H18N2O4. The molecule has 1 aliphatic carbocycles. The van der Waals surface area contributed by atoms with E-state index < -0.39 is 16.5 Å². The second-order valence-corrected chi connectivity index (χ2v) is 12.0. The first kappa shape index (κ1) is 21.5. The van der Waals surface area contributed by atoms with Crippen LogP contribution in [-0.4, -0.2) is 9.55 Å². The first-order valence-electron chi connectivity index (χ1n) is 13.6. The van der Waals surface area contributed by atoms with Crippen molar-refractivity contribution in [3.8, 4) is 5.69 Å². The van der Waals surface area contributed by atoms with Gasteiger partial charge in [-0.25, -0.2) is 4.57 Å². The van der Waals surface area contributed by atoms with E-state index in [9.17, 15) is 19.2 Å². The average Bonchev–Trinajstić information content (AvgIpc) is 3.20. The summed E-state index contributed by atoms with van der Waals surface area (Å²) < 4.78 is 1.28. The third-order valence-corrected chi connectivity index (χ3v) is 9.76. The summed E-state index contributed by atoms with van der Waals surface area (Å²) in [4.78, 5) is 57.1. The predicted octanol–water partition coefficient (Wildman–Crippen LogP) is 5.71. The number of H-pyrrole nitrogens is 1. The summed E-state index contributed by atoms with van der Waals surface area (Å²) in [6.45, 7) is 4.23. The van der Waals surface area contributed by atoms with Gasteiger partial charge in [0, 0.05) is 37.7 Å². The Labute approximate surface area is 229 Å². The molecule has 2 heterocycles. The summed E-state index contributed by atoms with van der Waals surface area (Å²) in [5.74, 6) is 0. The van der Waals surface area contributed by atoms with E-state index in [0.717, 1.165) is 54.2 Å². The minimum atomic E-state index is -0.534. The van der Waals surface area contributed by atoms with Crippen molar-refractivity contribution in [2.45, 2.75) is 19.3 Å². The Hall–Kier alpha value is -5.36. The van der Waals surface area contributed by atoms with Crippen molar-refractivity contribution in [1.82, 2.24) is 9.55 Å². The molecule has 7 aromatic carbocycles. The fourth-order valence-electron chi connectivity index (χ4n) is 8.02. The van der Waals surface area contributed by atoms with Gasteiger partial charge in [-0.2, -0.15) is 0 Å². The van der Waals surface area contributed by atoms with Crippen molar-refractivity contribution in [3.05, 3.63) is 119 Å². The van der Waals surface area contributed by atoms with E-state index in [2.05, 4.69) is 18.8 Å². The number of nitrogens with one attached hydrogen (secondary N) is 1. The molecule has 6 heteroatoms. The Bertz CT molecular complexity index is 2900. The fraction of sp³-hybridized carbons (Fsp3) is 0.0857. The van der Waals surface area contributed by atoms with Gasteiger partial charge in [-0.15, -0.1) is 0 Å². The molecule has 0 saturated carbocycles. The van der Waals surface area contributed by atoms with Gasteiger partial charge in [0.15, 0.2) is 0 Å². The van der Waals surface area contributed by atoms with Crippen LogP contribution in [0.2, 0.25) is 0 Å². The lowest BCUT2D eigenvalue weighted by molar-refractivity contribution is 0.664. The normalized spacial score (nSPS) is 14.7. The van der Waals surface area contributed by atoms with E-state index in [1.165, 1.54) is 4.57 Å². The highest BCUT2D eigenvalue weighted by atomic mass is 16.2. The third kappa shape index (κ3) is 2.13. The average molecular weight is 531 g/mol. The molecule has 2 aromatic heterocycles. The molecule has 0 saturated heterocycles. The number of aromatic amines is 1. The van der Waals surface area contributed by atoms with Crippen LogP contribution in [0.4, 0.5) is 0 Å². The fourth-order valence-corrected chi connectivity index (χ4v) is 8.02. The van der Waals surface area contributed by atoms with Crippen LogP contribution in [0.5, 0.6) is 0 Å². The standard InChI is InChI=1S/C35H18N2O4/c1-35(2)21-12-18-25-17(31(38)36-32(18)39)10-14-8-9-15-11-19-26-20(34(41)37(33(19)40)16-6-4-3-5-7-16)13-22(35)28-27(21)29(25)23(14)24(15)30(26)28/h3-13H,1-2H3,(H,36,38,39). The zero-order chi connectivity index (χ0) is 27.7. The van der Waals surface area contributed by atoms with Gasteiger partial charge in [0.25, 0.3) is 22.2 Å². The topological polar surface area (TPSA) is 89.0 Å². The highest BCUT2D eigenvalue weighted by Crippen LogP contribution is 2.57. The van der Waals surface area contributed by atoms with Gasteiger partial charge in [-0.3, -0.25) is 24.2 Å². The molecule has 0 bridgehead atoms. The molecule has 1 aliphatic rings. The number of hydrogen-bond acceptors (Lipinski definition) is 4. The van der Waals surface area contributed by atoms with Crippen LogP contribution in [0.1, 0.15) is 25.0 Å². The molecule has 0 radical (unpaired) electrons. The maximum absolute atomic E-state index is 14.2. The van der Waals surface area contributed by atoms with Gasteiger partial charge in [-0.1, -0.05) is 44.2 Å². The van der Waals surface area contributed by atoms with E-state index in [4.69, 9.17) is 0 Å². The first-order valence-corrected chi connectivity index (χ1v) is 13.6. The van der Waals surface area contributed by atoms with Gasteiger partial charge >= 0.3 is 0 Å². The maximum atomic E-state index is 14.2. The SMILES string of the molecule is CC1(C)c2cc3c(=O)[nH]c(=O)c4cc5ccc6cc7c(=O)n(-c8ccccc8)c(=O)c8cc1c1c2c(c34)c5c6c1c87. The zero-order valence-corrected chi connectivity index (χ0v) is 21.9. The number of pyridine rings is 2. The van der Waals surface area contributed by atoms with Crippen molar-refractivity contribution in [1.29, 1.82) is 0 Å². The van der Waals surface area contributed by atoms with E-state index in [-0.39, 0.29) is 11.1 Å². The third-order valence-electron chi connectivity index (χ3n) is 9.76. The Morgan fingerprint density at radius 2 is 1.02 bits per heavy atom. The van der Waals surface area contributed by atoms with Crippen LogP contribution in [0.3, 0.4) is 0 Å². The largest absolute Gasteiger partial charge is 0.288 e. The summed E-state index contributed by atoms with van der Waals surface area (Å²) in [6, 6.07) is 20.7. The molecule has 10 rings (SSSR count). The van der Waals surface area contributed by atoms with Crippen LogP contribution >= 0.6 is 0 Å².